The van der Waals surface area contributed by atoms with Gasteiger partial charge in [0.15, 0.2) is 18.1 Å². The van der Waals surface area contributed by atoms with Crippen LogP contribution in [-0.2, 0) is 17.8 Å². The molecule has 0 aliphatic heterocycles. The predicted molar refractivity (Wildman–Crippen MR) is 130 cm³/mol. The lowest BCUT2D eigenvalue weighted by atomic mass is 10.1. The molecule has 0 bridgehead atoms. The van der Waals surface area contributed by atoms with Gasteiger partial charge in [0.1, 0.15) is 12.4 Å². The largest absolute Gasteiger partial charge is 0.493 e. The Morgan fingerprint density at radius 3 is 2.58 bits per heavy atom. The molecule has 6 nitrogen and oxygen atoms in total. The van der Waals surface area contributed by atoms with Gasteiger partial charge >= 0.3 is 0 Å². The zero-order valence-corrected chi connectivity index (χ0v) is 19.0. The third-order valence-corrected chi connectivity index (χ3v) is 4.80. The summed E-state index contributed by atoms with van der Waals surface area (Å²) in [6.07, 6.45) is 4.07. The third-order valence-electron chi connectivity index (χ3n) is 4.55. The summed E-state index contributed by atoms with van der Waals surface area (Å²) in [4.78, 5) is 12.1. The molecule has 0 atom stereocenters. The molecule has 0 saturated heterocycles. The van der Waals surface area contributed by atoms with Crippen LogP contribution in [0.25, 0.3) is 0 Å². The van der Waals surface area contributed by atoms with Gasteiger partial charge in [-0.25, -0.2) is 5.43 Å². The summed E-state index contributed by atoms with van der Waals surface area (Å²) in [6.45, 7) is 3.95. The van der Waals surface area contributed by atoms with Gasteiger partial charge < -0.3 is 14.2 Å². The highest BCUT2D eigenvalue weighted by Crippen LogP contribution is 2.28. The average molecular weight is 465 g/mol. The summed E-state index contributed by atoms with van der Waals surface area (Å²) in [5.41, 5.74) is 5.29. The molecule has 0 unspecified atom stereocenters. The Bertz CT molecular complexity index is 1110. The van der Waals surface area contributed by atoms with Crippen LogP contribution in [0.15, 0.2) is 84.5 Å². The molecule has 1 N–H and O–H groups in total. The van der Waals surface area contributed by atoms with Gasteiger partial charge in [0.25, 0.3) is 5.91 Å². The number of amides is 1. The molecular formula is C26H25ClN2O4. The van der Waals surface area contributed by atoms with Crippen molar-refractivity contribution < 1.29 is 19.0 Å². The van der Waals surface area contributed by atoms with Crippen LogP contribution in [0.2, 0.25) is 5.02 Å². The van der Waals surface area contributed by atoms with E-state index in [0.717, 1.165) is 23.1 Å². The summed E-state index contributed by atoms with van der Waals surface area (Å²) >= 11 is 5.90. The molecule has 0 spiro atoms. The molecule has 3 rings (SSSR count). The molecule has 0 aromatic heterocycles. The van der Waals surface area contributed by atoms with Crippen LogP contribution in [-0.4, -0.2) is 25.8 Å². The SMILES string of the molecule is C=CCc1ccc(OCC(=O)N/N=C\c2cccc(OCc3ccc(Cl)cc3)c2)c(OC)c1. The van der Waals surface area contributed by atoms with Crippen molar-refractivity contribution in [3.63, 3.8) is 0 Å². The molecule has 0 aliphatic carbocycles. The number of benzene rings is 3. The summed E-state index contributed by atoms with van der Waals surface area (Å²) in [7, 11) is 1.55. The molecule has 3 aromatic rings. The van der Waals surface area contributed by atoms with E-state index in [9.17, 15) is 4.79 Å². The number of hydrogen-bond acceptors (Lipinski definition) is 5. The van der Waals surface area contributed by atoms with E-state index in [1.165, 1.54) is 6.21 Å². The third kappa shape index (κ3) is 7.70. The van der Waals surface area contributed by atoms with Crippen LogP contribution >= 0.6 is 11.6 Å². The fourth-order valence-electron chi connectivity index (χ4n) is 2.91. The van der Waals surface area contributed by atoms with Crippen LogP contribution in [0, 0.1) is 0 Å². The van der Waals surface area contributed by atoms with E-state index < -0.39 is 5.91 Å². The van der Waals surface area contributed by atoms with Crippen LogP contribution < -0.4 is 19.6 Å². The summed E-state index contributed by atoms with van der Waals surface area (Å²) in [6, 6.07) is 20.4. The lowest BCUT2D eigenvalue weighted by Gasteiger charge is -2.11. The molecule has 0 heterocycles. The zero-order valence-electron chi connectivity index (χ0n) is 18.3. The molecule has 3 aromatic carbocycles. The Morgan fingerprint density at radius 1 is 1.03 bits per heavy atom. The van der Waals surface area contributed by atoms with Crippen molar-refractivity contribution >= 4 is 23.7 Å². The number of hydrazone groups is 1. The lowest BCUT2D eigenvalue weighted by Crippen LogP contribution is -2.24. The van der Waals surface area contributed by atoms with Crippen LogP contribution in [0.4, 0.5) is 0 Å². The number of halogens is 1. The second kappa shape index (κ2) is 12.3. The molecule has 1 amide bonds. The topological polar surface area (TPSA) is 69.2 Å². The number of rotatable bonds is 11. The normalized spacial score (nSPS) is 10.6. The van der Waals surface area contributed by atoms with Gasteiger partial charge in [-0.2, -0.15) is 5.10 Å². The van der Waals surface area contributed by atoms with Crippen molar-refractivity contribution in [1.29, 1.82) is 0 Å². The number of nitrogens with zero attached hydrogens (tertiary/aromatic N) is 1. The molecule has 170 valence electrons. The second-order valence-electron chi connectivity index (χ2n) is 7.05. The number of allylic oxidation sites excluding steroid dienone is 1. The number of ether oxygens (including phenoxy) is 3. The Labute approximate surface area is 198 Å². The minimum Gasteiger partial charge on any atom is -0.493 e. The maximum absolute atomic E-state index is 12.1. The van der Waals surface area contributed by atoms with E-state index in [1.54, 1.807) is 13.2 Å². The van der Waals surface area contributed by atoms with Crippen molar-refractivity contribution in [2.24, 2.45) is 5.10 Å². The predicted octanol–water partition coefficient (Wildman–Crippen LogP) is 5.19. The van der Waals surface area contributed by atoms with Gasteiger partial charge in [-0.1, -0.05) is 48.0 Å². The van der Waals surface area contributed by atoms with Crippen LogP contribution in [0.5, 0.6) is 17.2 Å². The average Bonchev–Trinajstić information content (AvgIpc) is 2.83. The summed E-state index contributed by atoms with van der Waals surface area (Å²) < 4.78 is 16.7. The zero-order chi connectivity index (χ0) is 23.5. The fourth-order valence-corrected chi connectivity index (χ4v) is 3.04. The summed E-state index contributed by atoms with van der Waals surface area (Å²) in [5, 5.41) is 4.67. The first kappa shape index (κ1) is 23.9. The fraction of sp³-hybridized carbons (Fsp3) is 0.154. The highest BCUT2D eigenvalue weighted by atomic mass is 35.5. The Kier molecular flexibility index (Phi) is 8.91. The number of carbonyl (C=O) groups is 1. The first-order valence-electron chi connectivity index (χ1n) is 10.3. The molecular weight excluding hydrogens is 440 g/mol. The highest BCUT2D eigenvalue weighted by Gasteiger charge is 2.08. The van der Waals surface area contributed by atoms with Gasteiger partial charge in [0.2, 0.25) is 0 Å². The minimum atomic E-state index is -0.390. The van der Waals surface area contributed by atoms with E-state index >= 15 is 0 Å². The van der Waals surface area contributed by atoms with Crippen molar-refractivity contribution in [2.75, 3.05) is 13.7 Å². The van der Waals surface area contributed by atoms with Gasteiger partial charge in [-0.05, 0) is 59.5 Å². The first-order chi connectivity index (χ1) is 16.1. The van der Waals surface area contributed by atoms with Crippen molar-refractivity contribution in [1.82, 2.24) is 5.43 Å². The van der Waals surface area contributed by atoms with Gasteiger partial charge in [0.05, 0.1) is 13.3 Å². The van der Waals surface area contributed by atoms with Gasteiger partial charge in [0, 0.05) is 5.02 Å². The number of carbonyl (C=O) groups excluding carboxylic acids is 1. The Morgan fingerprint density at radius 2 is 1.82 bits per heavy atom. The highest BCUT2D eigenvalue weighted by molar-refractivity contribution is 6.30. The molecule has 0 saturated carbocycles. The lowest BCUT2D eigenvalue weighted by molar-refractivity contribution is -0.123. The molecule has 33 heavy (non-hydrogen) atoms. The second-order valence-corrected chi connectivity index (χ2v) is 7.48. The Balaban J connectivity index is 1.48. The maximum atomic E-state index is 12.1. The van der Waals surface area contributed by atoms with E-state index in [2.05, 4.69) is 17.1 Å². The van der Waals surface area contributed by atoms with Crippen LogP contribution in [0.3, 0.4) is 0 Å². The van der Waals surface area contributed by atoms with Crippen molar-refractivity contribution in [2.45, 2.75) is 13.0 Å². The number of hydrogen-bond donors (Lipinski definition) is 1. The van der Waals surface area contributed by atoms with Crippen molar-refractivity contribution in [3.05, 3.63) is 101 Å². The molecule has 7 heteroatoms. The number of methoxy groups -OCH3 is 1. The van der Waals surface area contributed by atoms with Crippen molar-refractivity contribution in [3.8, 4) is 17.2 Å². The van der Waals surface area contributed by atoms with E-state index in [4.69, 9.17) is 25.8 Å². The molecule has 0 fully saturated rings. The minimum absolute atomic E-state index is 0.196. The smallest absolute Gasteiger partial charge is 0.277 e. The Hall–Kier alpha value is -3.77. The van der Waals surface area contributed by atoms with Crippen LogP contribution in [0.1, 0.15) is 16.7 Å². The first-order valence-corrected chi connectivity index (χ1v) is 10.6. The van der Waals surface area contributed by atoms with Gasteiger partial charge in [-0.3, -0.25) is 4.79 Å². The monoisotopic (exact) mass is 464 g/mol. The van der Waals surface area contributed by atoms with Gasteiger partial charge in [-0.15, -0.1) is 6.58 Å². The quantitative estimate of drug-likeness (QED) is 0.241. The molecule has 0 radical (unpaired) electrons. The number of nitrogens with one attached hydrogen (secondary N) is 1. The standard InChI is InChI=1S/C26H25ClN2O4/c1-3-5-19-10-13-24(25(15-19)31-2)33-18-26(30)29-28-16-21-6-4-7-23(14-21)32-17-20-8-11-22(27)12-9-20/h3-4,6-16H,1,5,17-18H2,2H3,(H,29,30)/b28-16-. The maximum Gasteiger partial charge on any atom is 0.277 e. The van der Waals surface area contributed by atoms with E-state index in [0.29, 0.717) is 28.9 Å². The summed E-state index contributed by atoms with van der Waals surface area (Å²) in [5.74, 6) is 1.34. The molecule has 0 aliphatic rings. The van der Waals surface area contributed by atoms with E-state index in [1.807, 2.05) is 66.7 Å². The van der Waals surface area contributed by atoms with E-state index in [-0.39, 0.29) is 6.61 Å².